The standard InChI is InChI=1S/C19H16N2O4/c1-12-14(19(23)24-2)9-6-10-15(12)20-18(22)16-11-17(25-21-16)13-7-4-3-5-8-13/h3-11H,1-2H3,(H,20,22). The summed E-state index contributed by atoms with van der Waals surface area (Å²) in [6, 6.07) is 16.0. The Morgan fingerprint density at radius 3 is 2.56 bits per heavy atom. The molecular formula is C19H16N2O4. The Bertz CT molecular complexity index is 916. The summed E-state index contributed by atoms with van der Waals surface area (Å²) in [5, 5.41) is 6.55. The van der Waals surface area contributed by atoms with Crippen LogP contribution in [0.25, 0.3) is 11.3 Å². The van der Waals surface area contributed by atoms with Crippen LogP contribution in [0.15, 0.2) is 59.1 Å². The third-order valence-electron chi connectivity index (χ3n) is 3.79. The van der Waals surface area contributed by atoms with E-state index in [-0.39, 0.29) is 5.69 Å². The molecule has 3 rings (SSSR count). The van der Waals surface area contributed by atoms with Gasteiger partial charge in [-0.2, -0.15) is 0 Å². The molecule has 0 fully saturated rings. The average Bonchev–Trinajstić information content (AvgIpc) is 3.14. The van der Waals surface area contributed by atoms with Crippen LogP contribution in [0.2, 0.25) is 0 Å². The van der Waals surface area contributed by atoms with E-state index in [1.165, 1.54) is 7.11 Å². The van der Waals surface area contributed by atoms with Gasteiger partial charge >= 0.3 is 5.97 Å². The number of hydrogen-bond acceptors (Lipinski definition) is 5. The van der Waals surface area contributed by atoms with E-state index in [0.717, 1.165) is 5.56 Å². The van der Waals surface area contributed by atoms with Crippen molar-refractivity contribution in [3.63, 3.8) is 0 Å². The van der Waals surface area contributed by atoms with Crippen LogP contribution in [0.5, 0.6) is 0 Å². The molecular weight excluding hydrogens is 320 g/mol. The highest BCUT2D eigenvalue weighted by Gasteiger charge is 2.17. The van der Waals surface area contributed by atoms with E-state index in [9.17, 15) is 9.59 Å². The zero-order valence-corrected chi connectivity index (χ0v) is 13.8. The first-order valence-corrected chi connectivity index (χ1v) is 7.61. The second-order valence-corrected chi connectivity index (χ2v) is 5.37. The van der Waals surface area contributed by atoms with Crippen molar-refractivity contribution in [3.05, 3.63) is 71.4 Å². The molecule has 0 bridgehead atoms. The Balaban J connectivity index is 1.82. The average molecular weight is 336 g/mol. The number of ether oxygens (including phenoxy) is 1. The topological polar surface area (TPSA) is 81.4 Å². The molecule has 0 atom stereocenters. The molecule has 0 aliphatic carbocycles. The number of aromatic nitrogens is 1. The minimum atomic E-state index is -0.457. The fraction of sp³-hybridized carbons (Fsp3) is 0.105. The molecule has 2 aromatic carbocycles. The molecule has 0 aliphatic heterocycles. The fourth-order valence-electron chi connectivity index (χ4n) is 2.41. The molecule has 25 heavy (non-hydrogen) atoms. The molecule has 1 amide bonds. The predicted octanol–water partition coefficient (Wildman–Crippen LogP) is 3.69. The van der Waals surface area contributed by atoms with E-state index in [2.05, 4.69) is 10.5 Å². The summed E-state index contributed by atoms with van der Waals surface area (Å²) < 4.78 is 9.97. The Morgan fingerprint density at radius 2 is 1.84 bits per heavy atom. The maximum atomic E-state index is 12.4. The summed E-state index contributed by atoms with van der Waals surface area (Å²) in [5.74, 6) is -0.372. The lowest BCUT2D eigenvalue weighted by Gasteiger charge is -2.10. The molecule has 1 N–H and O–H groups in total. The molecule has 1 heterocycles. The Labute approximate surface area is 144 Å². The van der Waals surface area contributed by atoms with E-state index in [4.69, 9.17) is 9.26 Å². The largest absolute Gasteiger partial charge is 0.465 e. The highest BCUT2D eigenvalue weighted by atomic mass is 16.5. The lowest BCUT2D eigenvalue weighted by molar-refractivity contribution is 0.0599. The van der Waals surface area contributed by atoms with Crippen LogP contribution in [-0.4, -0.2) is 24.1 Å². The van der Waals surface area contributed by atoms with Crippen LogP contribution in [0.1, 0.15) is 26.4 Å². The zero-order chi connectivity index (χ0) is 17.8. The highest BCUT2D eigenvalue weighted by molar-refractivity contribution is 6.04. The van der Waals surface area contributed by atoms with E-state index in [0.29, 0.717) is 22.6 Å². The van der Waals surface area contributed by atoms with Gasteiger partial charge in [0.1, 0.15) is 0 Å². The summed E-state index contributed by atoms with van der Waals surface area (Å²) in [7, 11) is 1.31. The monoisotopic (exact) mass is 336 g/mol. The molecule has 0 saturated carbocycles. The van der Waals surface area contributed by atoms with E-state index < -0.39 is 11.9 Å². The van der Waals surface area contributed by atoms with Crippen LogP contribution in [0.3, 0.4) is 0 Å². The second kappa shape index (κ2) is 7.00. The number of carbonyl (C=O) groups is 2. The van der Waals surface area contributed by atoms with Crippen molar-refractivity contribution in [3.8, 4) is 11.3 Å². The summed E-state index contributed by atoms with van der Waals surface area (Å²) in [4.78, 5) is 24.2. The maximum Gasteiger partial charge on any atom is 0.338 e. The minimum Gasteiger partial charge on any atom is -0.465 e. The number of esters is 1. The van der Waals surface area contributed by atoms with Crippen molar-refractivity contribution in [2.75, 3.05) is 12.4 Å². The number of amides is 1. The number of methoxy groups -OCH3 is 1. The van der Waals surface area contributed by atoms with Crippen LogP contribution in [0, 0.1) is 6.92 Å². The SMILES string of the molecule is COC(=O)c1cccc(NC(=O)c2cc(-c3ccccc3)on2)c1C. The van der Waals surface area contributed by atoms with Gasteiger partial charge in [0.15, 0.2) is 11.5 Å². The van der Waals surface area contributed by atoms with Crippen molar-refractivity contribution in [2.24, 2.45) is 0 Å². The third kappa shape index (κ3) is 3.42. The normalized spacial score (nSPS) is 10.3. The molecule has 3 aromatic rings. The van der Waals surface area contributed by atoms with Gasteiger partial charge in [-0.05, 0) is 24.6 Å². The van der Waals surface area contributed by atoms with Crippen LogP contribution < -0.4 is 5.32 Å². The van der Waals surface area contributed by atoms with Gasteiger partial charge < -0.3 is 14.6 Å². The number of nitrogens with one attached hydrogen (secondary N) is 1. The summed E-state index contributed by atoms with van der Waals surface area (Å²) in [6.45, 7) is 1.74. The number of hydrogen-bond donors (Lipinski definition) is 1. The molecule has 0 radical (unpaired) electrons. The van der Waals surface area contributed by atoms with Crippen molar-refractivity contribution >= 4 is 17.6 Å². The van der Waals surface area contributed by atoms with Crippen molar-refractivity contribution in [1.29, 1.82) is 0 Å². The highest BCUT2D eigenvalue weighted by Crippen LogP contribution is 2.22. The molecule has 0 aliphatic rings. The van der Waals surface area contributed by atoms with Gasteiger partial charge in [-0.1, -0.05) is 41.6 Å². The van der Waals surface area contributed by atoms with Crippen molar-refractivity contribution in [2.45, 2.75) is 6.92 Å². The van der Waals surface area contributed by atoms with E-state index >= 15 is 0 Å². The molecule has 6 nitrogen and oxygen atoms in total. The van der Waals surface area contributed by atoms with Gasteiger partial charge in [-0.25, -0.2) is 4.79 Å². The zero-order valence-electron chi connectivity index (χ0n) is 13.8. The van der Waals surface area contributed by atoms with Gasteiger partial charge in [0, 0.05) is 17.3 Å². The van der Waals surface area contributed by atoms with E-state index in [1.54, 1.807) is 31.2 Å². The van der Waals surface area contributed by atoms with Crippen molar-refractivity contribution in [1.82, 2.24) is 5.16 Å². The Hall–Kier alpha value is -3.41. The van der Waals surface area contributed by atoms with Gasteiger partial charge in [0.05, 0.1) is 12.7 Å². The minimum absolute atomic E-state index is 0.154. The maximum absolute atomic E-state index is 12.4. The summed E-state index contributed by atoms with van der Waals surface area (Å²) >= 11 is 0. The second-order valence-electron chi connectivity index (χ2n) is 5.37. The first-order chi connectivity index (χ1) is 12.1. The molecule has 6 heteroatoms. The number of benzene rings is 2. The number of carbonyl (C=O) groups excluding carboxylic acids is 2. The lowest BCUT2D eigenvalue weighted by Crippen LogP contribution is -2.14. The van der Waals surface area contributed by atoms with Gasteiger partial charge in [-0.15, -0.1) is 0 Å². The van der Waals surface area contributed by atoms with Crippen LogP contribution >= 0.6 is 0 Å². The van der Waals surface area contributed by atoms with Crippen molar-refractivity contribution < 1.29 is 18.8 Å². The molecule has 1 aromatic heterocycles. The molecule has 0 spiro atoms. The van der Waals surface area contributed by atoms with Crippen LogP contribution in [0.4, 0.5) is 5.69 Å². The van der Waals surface area contributed by atoms with Crippen LogP contribution in [-0.2, 0) is 4.74 Å². The molecule has 0 saturated heterocycles. The Kier molecular flexibility index (Phi) is 4.61. The first kappa shape index (κ1) is 16.4. The number of nitrogens with zero attached hydrogens (tertiary/aromatic N) is 1. The van der Waals surface area contributed by atoms with Gasteiger partial charge in [-0.3, -0.25) is 4.79 Å². The Morgan fingerprint density at radius 1 is 1.08 bits per heavy atom. The first-order valence-electron chi connectivity index (χ1n) is 7.61. The predicted molar refractivity (Wildman–Crippen MR) is 92.4 cm³/mol. The lowest BCUT2D eigenvalue weighted by atomic mass is 10.1. The summed E-state index contributed by atoms with van der Waals surface area (Å²) in [5.41, 5.74) is 2.51. The number of anilines is 1. The fourth-order valence-corrected chi connectivity index (χ4v) is 2.41. The summed E-state index contributed by atoms with van der Waals surface area (Å²) in [6.07, 6.45) is 0. The quantitative estimate of drug-likeness (QED) is 0.735. The third-order valence-corrected chi connectivity index (χ3v) is 3.79. The number of rotatable bonds is 4. The molecule has 126 valence electrons. The smallest absolute Gasteiger partial charge is 0.338 e. The molecule has 0 unspecified atom stereocenters. The van der Waals surface area contributed by atoms with Gasteiger partial charge in [0.25, 0.3) is 5.91 Å². The van der Waals surface area contributed by atoms with Gasteiger partial charge in [0.2, 0.25) is 0 Å². The van der Waals surface area contributed by atoms with E-state index in [1.807, 2.05) is 30.3 Å².